The van der Waals surface area contributed by atoms with E-state index in [1.807, 2.05) is 50.3 Å². The summed E-state index contributed by atoms with van der Waals surface area (Å²) in [4.78, 5) is 53.9. The summed E-state index contributed by atoms with van der Waals surface area (Å²) in [6, 6.07) is 14.0. The lowest BCUT2D eigenvalue weighted by Crippen LogP contribution is -2.31. The van der Waals surface area contributed by atoms with Crippen LogP contribution in [0.4, 0.5) is 11.4 Å². The lowest BCUT2D eigenvalue weighted by atomic mass is 9.78. The first kappa shape index (κ1) is 22.1. The van der Waals surface area contributed by atoms with E-state index >= 15 is 0 Å². The van der Waals surface area contributed by atoms with Gasteiger partial charge in [0.1, 0.15) is 5.75 Å². The third-order valence-corrected chi connectivity index (χ3v) is 6.96. The quantitative estimate of drug-likeness (QED) is 0.302. The summed E-state index contributed by atoms with van der Waals surface area (Å²) in [5, 5.41) is 0. The molecule has 4 atom stereocenters. The van der Waals surface area contributed by atoms with E-state index in [9.17, 15) is 19.2 Å². The van der Waals surface area contributed by atoms with Gasteiger partial charge in [-0.05, 0) is 61.2 Å². The third kappa shape index (κ3) is 3.81. The zero-order valence-electron chi connectivity index (χ0n) is 19.1. The number of benzene rings is 2. The molecule has 0 bridgehead atoms. The molecule has 0 aromatic heterocycles. The second-order valence-electron chi connectivity index (χ2n) is 9.33. The minimum absolute atomic E-state index is 0.0221. The van der Waals surface area contributed by atoms with Gasteiger partial charge in [0.15, 0.2) is 0 Å². The van der Waals surface area contributed by atoms with Crippen LogP contribution in [0.1, 0.15) is 25.3 Å². The van der Waals surface area contributed by atoms with Crippen LogP contribution < -0.4 is 14.5 Å². The lowest BCUT2D eigenvalue weighted by Gasteiger charge is -2.22. The second kappa shape index (κ2) is 8.56. The average Bonchev–Trinajstić information content (AvgIpc) is 3.33. The molecule has 0 unspecified atom stereocenters. The van der Waals surface area contributed by atoms with Crippen LogP contribution in [0.3, 0.4) is 0 Å². The standard InChI is InChI=1S/C27H26N2O5/c1-16-5-3-7-20(13-16)28-15-18(14-23(28)30)27(33)34-21-11-9-19(10-12-21)29-25(31)22-8-4-6-17(2)24(22)26(29)32/h3-7,9-13,17-18,22,24H,8,14-15H2,1-2H3/t17-,18-,22+,24-/m0/s1. The molecule has 34 heavy (non-hydrogen) atoms. The Morgan fingerprint density at radius 2 is 1.76 bits per heavy atom. The number of imide groups is 1. The average molecular weight is 459 g/mol. The van der Waals surface area contributed by atoms with Gasteiger partial charge in [-0.3, -0.25) is 24.1 Å². The fourth-order valence-corrected chi connectivity index (χ4v) is 5.18. The number of hydrogen-bond donors (Lipinski definition) is 0. The van der Waals surface area contributed by atoms with Crippen molar-refractivity contribution in [3.8, 4) is 5.75 Å². The van der Waals surface area contributed by atoms with Crippen molar-refractivity contribution >= 4 is 35.1 Å². The summed E-state index contributed by atoms with van der Waals surface area (Å²) in [7, 11) is 0. The van der Waals surface area contributed by atoms with E-state index in [0.29, 0.717) is 17.9 Å². The molecular formula is C27H26N2O5. The highest BCUT2D eigenvalue weighted by molar-refractivity contribution is 6.22. The SMILES string of the molecule is Cc1cccc(N2C[C@@H](C(=O)Oc3ccc(N4C(=O)[C@H]5[C@@H](C)C=CC[C@H]5C4=O)cc3)CC2=O)c1. The Morgan fingerprint density at radius 1 is 1.00 bits per heavy atom. The van der Waals surface area contributed by atoms with Crippen molar-refractivity contribution in [1.29, 1.82) is 0 Å². The maximum absolute atomic E-state index is 12.9. The molecule has 174 valence electrons. The monoisotopic (exact) mass is 458 g/mol. The Morgan fingerprint density at radius 3 is 2.47 bits per heavy atom. The molecule has 0 spiro atoms. The number of ether oxygens (including phenoxy) is 1. The molecule has 2 aromatic carbocycles. The van der Waals surface area contributed by atoms with E-state index in [4.69, 9.17) is 4.74 Å². The first-order valence-electron chi connectivity index (χ1n) is 11.6. The largest absolute Gasteiger partial charge is 0.426 e. The van der Waals surface area contributed by atoms with E-state index in [1.165, 1.54) is 4.90 Å². The van der Waals surface area contributed by atoms with Gasteiger partial charge in [-0.1, -0.05) is 31.2 Å². The molecule has 7 heteroatoms. The minimum Gasteiger partial charge on any atom is -0.426 e. The Bertz CT molecular complexity index is 1200. The van der Waals surface area contributed by atoms with E-state index in [0.717, 1.165) is 11.3 Å². The highest BCUT2D eigenvalue weighted by Gasteiger charge is 2.50. The number of allylic oxidation sites excluding steroid dienone is 2. The molecule has 2 heterocycles. The van der Waals surface area contributed by atoms with Gasteiger partial charge in [-0.15, -0.1) is 0 Å². The summed E-state index contributed by atoms with van der Waals surface area (Å²) < 4.78 is 5.52. The molecular weight excluding hydrogens is 432 g/mol. The predicted octanol–water partition coefficient (Wildman–Crippen LogP) is 3.66. The van der Waals surface area contributed by atoms with Gasteiger partial charge < -0.3 is 9.64 Å². The van der Waals surface area contributed by atoms with Crippen LogP contribution in [0.15, 0.2) is 60.7 Å². The normalized spacial score (nSPS) is 26.2. The molecule has 1 aliphatic carbocycles. The molecule has 2 aromatic rings. The zero-order valence-corrected chi connectivity index (χ0v) is 19.1. The number of carbonyl (C=O) groups excluding carboxylic acids is 4. The first-order chi connectivity index (χ1) is 16.3. The van der Waals surface area contributed by atoms with Gasteiger partial charge in [0.2, 0.25) is 17.7 Å². The van der Waals surface area contributed by atoms with Crippen LogP contribution in [0.25, 0.3) is 0 Å². The Balaban J connectivity index is 1.25. The molecule has 0 saturated carbocycles. The predicted molar refractivity (Wildman–Crippen MR) is 126 cm³/mol. The molecule has 3 aliphatic rings. The number of rotatable bonds is 4. The van der Waals surface area contributed by atoms with Crippen molar-refractivity contribution in [3.63, 3.8) is 0 Å². The van der Waals surface area contributed by atoms with Crippen LogP contribution in [-0.2, 0) is 19.2 Å². The highest BCUT2D eigenvalue weighted by Crippen LogP contribution is 2.40. The van der Waals surface area contributed by atoms with Gasteiger partial charge in [-0.25, -0.2) is 0 Å². The zero-order chi connectivity index (χ0) is 24.0. The number of fused-ring (bicyclic) bond motifs is 1. The van der Waals surface area contributed by atoms with Gasteiger partial charge in [0.25, 0.3) is 0 Å². The number of aryl methyl sites for hydroxylation is 1. The fraction of sp³-hybridized carbons (Fsp3) is 0.333. The molecule has 3 amide bonds. The lowest BCUT2D eigenvalue weighted by molar-refractivity contribution is -0.139. The fourth-order valence-electron chi connectivity index (χ4n) is 5.18. The highest BCUT2D eigenvalue weighted by atomic mass is 16.5. The minimum atomic E-state index is -0.563. The number of anilines is 2. The summed E-state index contributed by atoms with van der Waals surface area (Å²) in [5.74, 6) is -1.83. The number of amides is 3. The molecule has 7 nitrogen and oxygen atoms in total. The molecule has 2 saturated heterocycles. The van der Waals surface area contributed by atoms with Crippen LogP contribution in [0.2, 0.25) is 0 Å². The van der Waals surface area contributed by atoms with E-state index in [2.05, 4.69) is 0 Å². The van der Waals surface area contributed by atoms with E-state index in [-0.39, 0.29) is 48.4 Å². The van der Waals surface area contributed by atoms with E-state index in [1.54, 1.807) is 29.2 Å². The van der Waals surface area contributed by atoms with Crippen molar-refractivity contribution < 1.29 is 23.9 Å². The van der Waals surface area contributed by atoms with Crippen LogP contribution in [0.5, 0.6) is 5.75 Å². The van der Waals surface area contributed by atoms with Crippen molar-refractivity contribution in [3.05, 3.63) is 66.2 Å². The van der Waals surface area contributed by atoms with Crippen molar-refractivity contribution in [2.45, 2.75) is 26.7 Å². The maximum atomic E-state index is 12.9. The summed E-state index contributed by atoms with van der Waals surface area (Å²) in [6.07, 6.45) is 4.63. The Kier molecular flexibility index (Phi) is 5.55. The summed E-state index contributed by atoms with van der Waals surface area (Å²) in [5.41, 5.74) is 2.28. The number of hydrogen-bond acceptors (Lipinski definition) is 5. The van der Waals surface area contributed by atoms with Gasteiger partial charge in [0, 0.05) is 18.7 Å². The van der Waals surface area contributed by atoms with Crippen molar-refractivity contribution in [2.24, 2.45) is 23.7 Å². The van der Waals surface area contributed by atoms with Crippen molar-refractivity contribution in [1.82, 2.24) is 0 Å². The molecule has 2 fully saturated rings. The van der Waals surface area contributed by atoms with Crippen molar-refractivity contribution in [2.75, 3.05) is 16.3 Å². The summed E-state index contributed by atoms with van der Waals surface area (Å²) in [6.45, 7) is 4.18. The molecule has 0 N–H and O–H groups in total. The number of carbonyl (C=O) groups is 4. The maximum Gasteiger partial charge on any atom is 0.316 e. The second-order valence-corrected chi connectivity index (χ2v) is 9.33. The Hall–Kier alpha value is -3.74. The summed E-state index contributed by atoms with van der Waals surface area (Å²) >= 11 is 0. The number of nitrogens with zero attached hydrogens (tertiary/aromatic N) is 2. The topological polar surface area (TPSA) is 84.0 Å². The van der Waals surface area contributed by atoms with Crippen LogP contribution in [-0.4, -0.2) is 30.2 Å². The molecule has 0 radical (unpaired) electrons. The van der Waals surface area contributed by atoms with Gasteiger partial charge in [-0.2, -0.15) is 0 Å². The molecule has 5 rings (SSSR count). The van der Waals surface area contributed by atoms with E-state index < -0.39 is 11.9 Å². The first-order valence-corrected chi connectivity index (χ1v) is 11.6. The molecule has 2 aliphatic heterocycles. The smallest absolute Gasteiger partial charge is 0.316 e. The van der Waals surface area contributed by atoms with Gasteiger partial charge >= 0.3 is 5.97 Å². The van der Waals surface area contributed by atoms with Crippen LogP contribution in [0, 0.1) is 30.6 Å². The number of esters is 1. The van der Waals surface area contributed by atoms with Gasteiger partial charge in [0.05, 0.1) is 23.4 Å². The van der Waals surface area contributed by atoms with Crippen LogP contribution >= 0.6 is 0 Å². The Labute approximate surface area is 198 Å². The third-order valence-electron chi connectivity index (χ3n) is 6.96.